The van der Waals surface area contributed by atoms with Gasteiger partial charge in [-0.2, -0.15) is 5.10 Å². The summed E-state index contributed by atoms with van der Waals surface area (Å²) in [6.45, 7) is -0.165. The number of carbonyl (C=O) groups excluding carboxylic acids is 1. The monoisotopic (exact) mass is 454 g/mol. The lowest BCUT2D eigenvalue weighted by atomic mass is 10.3. The summed E-state index contributed by atoms with van der Waals surface area (Å²) >= 11 is 3.32. The Bertz CT molecular complexity index is 1250. The zero-order valence-corrected chi connectivity index (χ0v) is 16.9. The van der Waals surface area contributed by atoms with Gasteiger partial charge in [-0.25, -0.2) is 14.5 Å². The quantitative estimate of drug-likeness (QED) is 0.430. The van der Waals surface area contributed by atoms with E-state index in [1.807, 2.05) is 30.3 Å². The number of nitrogens with zero attached hydrogens (tertiary/aromatic N) is 4. The first-order valence-corrected chi connectivity index (χ1v) is 9.38. The van der Waals surface area contributed by atoms with Crippen LogP contribution in [0.1, 0.15) is 16.2 Å². The molecule has 4 rings (SSSR count). The lowest BCUT2D eigenvalue weighted by molar-refractivity contribution is 0.0456. The van der Waals surface area contributed by atoms with Gasteiger partial charge in [0.05, 0.1) is 24.7 Å². The maximum absolute atomic E-state index is 12.5. The Balaban J connectivity index is 1.56. The minimum absolute atomic E-state index is 0.0396. The maximum Gasteiger partial charge on any atom is 0.363 e. The molecule has 9 heteroatoms. The van der Waals surface area contributed by atoms with Crippen molar-refractivity contribution < 1.29 is 14.3 Å². The van der Waals surface area contributed by atoms with Gasteiger partial charge < -0.3 is 9.47 Å². The molecule has 0 aliphatic carbocycles. The van der Waals surface area contributed by atoms with E-state index >= 15 is 0 Å². The number of benzene rings is 1. The first kappa shape index (κ1) is 18.9. The molecule has 4 aromatic rings. The van der Waals surface area contributed by atoms with Crippen LogP contribution >= 0.6 is 15.9 Å². The summed E-state index contributed by atoms with van der Waals surface area (Å²) in [7, 11) is 1.45. The zero-order chi connectivity index (χ0) is 20.4. The Morgan fingerprint density at radius 1 is 1.14 bits per heavy atom. The van der Waals surface area contributed by atoms with E-state index in [9.17, 15) is 9.59 Å². The summed E-state index contributed by atoms with van der Waals surface area (Å²) in [5.41, 5.74) is 1.34. The molecular weight excluding hydrogens is 440 g/mol. The number of methoxy groups -OCH3 is 1. The molecule has 0 unspecified atom stereocenters. The van der Waals surface area contributed by atoms with Crippen molar-refractivity contribution >= 4 is 27.5 Å². The van der Waals surface area contributed by atoms with Gasteiger partial charge in [-0.15, -0.1) is 0 Å². The average Bonchev–Trinajstić information content (AvgIpc) is 3.18. The molecule has 3 aromatic heterocycles. The lowest BCUT2D eigenvalue weighted by Gasteiger charge is -2.06. The highest BCUT2D eigenvalue weighted by atomic mass is 79.9. The van der Waals surface area contributed by atoms with E-state index in [0.717, 1.165) is 10.2 Å². The van der Waals surface area contributed by atoms with Gasteiger partial charge in [0.15, 0.2) is 5.75 Å². The van der Waals surface area contributed by atoms with Crippen molar-refractivity contribution in [1.82, 2.24) is 19.2 Å². The van der Waals surface area contributed by atoms with Crippen LogP contribution < -0.4 is 10.3 Å². The summed E-state index contributed by atoms with van der Waals surface area (Å²) in [6, 6.07) is 14.1. The van der Waals surface area contributed by atoms with Crippen molar-refractivity contribution in [2.45, 2.75) is 6.61 Å². The number of hydrogen-bond acceptors (Lipinski definition) is 6. The summed E-state index contributed by atoms with van der Waals surface area (Å²) < 4.78 is 14.3. The SMILES string of the molecule is COc1cn(-c2ccccc2)nc1C(=O)OCc1cc(=O)n2cc(Br)ccc2n1. The second-order valence-corrected chi connectivity index (χ2v) is 6.98. The number of ether oxygens (including phenoxy) is 2. The standard InChI is InChI=1S/C20H15BrN4O4/c1-28-16-11-25(15-5-3-2-4-6-15)23-19(16)20(27)29-12-14-9-18(26)24-10-13(21)7-8-17(24)22-14/h2-11H,12H2,1H3. The molecule has 0 aliphatic heterocycles. The van der Waals surface area contributed by atoms with E-state index in [-0.39, 0.29) is 23.6 Å². The maximum atomic E-state index is 12.5. The second-order valence-electron chi connectivity index (χ2n) is 6.06. The molecule has 1 aromatic carbocycles. The van der Waals surface area contributed by atoms with Gasteiger partial charge in [-0.1, -0.05) is 18.2 Å². The van der Waals surface area contributed by atoms with Gasteiger partial charge in [0, 0.05) is 16.7 Å². The summed E-state index contributed by atoms with van der Waals surface area (Å²) in [5.74, 6) is -0.385. The molecule has 0 radical (unpaired) electrons. The van der Waals surface area contributed by atoms with Gasteiger partial charge in [-0.05, 0) is 40.2 Å². The third-order valence-corrected chi connectivity index (χ3v) is 4.61. The first-order valence-electron chi connectivity index (χ1n) is 8.59. The van der Waals surface area contributed by atoms with Crippen LogP contribution in [0.5, 0.6) is 5.75 Å². The van der Waals surface area contributed by atoms with E-state index < -0.39 is 5.97 Å². The summed E-state index contributed by atoms with van der Waals surface area (Å²) in [5, 5.41) is 4.27. The van der Waals surface area contributed by atoms with E-state index in [1.165, 1.54) is 22.3 Å². The van der Waals surface area contributed by atoms with Crippen molar-refractivity contribution in [2.75, 3.05) is 7.11 Å². The van der Waals surface area contributed by atoms with Crippen molar-refractivity contribution in [3.8, 4) is 11.4 Å². The Labute approximate surface area is 173 Å². The number of para-hydroxylation sites is 1. The number of carbonyl (C=O) groups is 1. The van der Waals surface area contributed by atoms with Crippen molar-refractivity contribution in [2.24, 2.45) is 0 Å². The number of pyridine rings is 1. The molecule has 0 N–H and O–H groups in total. The molecule has 0 saturated carbocycles. The van der Waals surface area contributed by atoms with Crippen LogP contribution in [-0.4, -0.2) is 32.2 Å². The predicted octanol–water partition coefficient (Wildman–Crippen LogP) is 3.01. The fourth-order valence-corrected chi connectivity index (χ4v) is 3.11. The molecule has 0 amide bonds. The Kier molecular flexibility index (Phi) is 5.13. The van der Waals surface area contributed by atoms with Crippen LogP contribution in [0.2, 0.25) is 0 Å². The number of esters is 1. The van der Waals surface area contributed by atoms with Crippen LogP contribution in [0.4, 0.5) is 0 Å². The van der Waals surface area contributed by atoms with E-state index in [0.29, 0.717) is 11.3 Å². The van der Waals surface area contributed by atoms with Crippen LogP contribution in [0, 0.1) is 0 Å². The van der Waals surface area contributed by atoms with Crippen LogP contribution in [0.3, 0.4) is 0 Å². The van der Waals surface area contributed by atoms with Crippen molar-refractivity contribution in [1.29, 1.82) is 0 Å². The molecule has 0 spiro atoms. The first-order chi connectivity index (χ1) is 14.0. The molecule has 146 valence electrons. The molecule has 3 heterocycles. The number of aromatic nitrogens is 4. The minimum atomic E-state index is -0.672. The van der Waals surface area contributed by atoms with Gasteiger partial charge in [0.2, 0.25) is 5.69 Å². The number of rotatable bonds is 5. The van der Waals surface area contributed by atoms with Gasteiger partial charge in [-0.3, -0.25) is 9.20 Å². The van der Waals surface area contributed by atoms with Gasteiger partial charge in [0.25, 0.3) is 5.56 Å². The molecule has 0 atom stereocenters. The fraction of sp³-hybridized carbons (Fsp3) is 0.100. The molecule has 0 saturated heterocycles. The summed E-state index contributed by atoms with van der Waals surface area (Å²) in [4.78, 5) is 29.1. The van der Waals surface area contributed by atoms with Gasteiger partial charge >= 0.3 is 5.97 Å². The fourth-order valence-electron chi connectivity index (χ4n) is 2.77. The van der Waals surface area contributed by atoms with Crippen molar-refractivity contribution in [3.05, 3.63) is 87.1 Å². The number of fused-ring (bicyclic) bond motifs is 1. The third kappa shape index (κ3) is 3.90. The van der Waals surface area contributed by atoms with E-state index in [1.54, 1.807) is 24.5 Å². The number of hydrogen-bond donors (Lipinski definition) is 0. The molecule has 0 aliphatic rings. The molecule has 8 nitrogen and oxygen atoms in total. The van der Waals surface area contributed by atoms with Crippen LogP contribution in [-0.2, 0) is 11.3 Å². The minimum Gasteiger partial charge on any atom is -0.493 e. The number of halogens is 1. The van der Waals surface area contributed by atoms with Crippen LogP contribution in [0.15, 0.2) is 70.2 Å². The smallest absolute Gasteiger partial charge is 0.363 e. The summed E-state index contributed by atoms with van der Waals surface area (Å²) in [6.07, 6.45) is 3.23. The molecular formula is C20H15BrN4O4. The topological polar surface area (TPSA) is 87.7 Å². The predicted molar refractivity (Wildman–Crippen MR) is 108 cm³/mol. The Hall–Kier alpha value is -3.46. The van der Waals surface area contributed by atoms with E-state index in [4.69, 9.17) is 9.47 Å². The zero-order valence-electron chi connectivity index (χ0n) is 15.3. The largest absolute Gasteiger partial charge is 0.493 e. The molecule has 0 fully saturated rings. The normalized spacial score (nSPS) is 10.8. The second kappa shape index (κ2) is 7.88. The highest BCUT2D eigenvalue weighted by molar-refractivity contribution is 9.10. The third-order valence-electron chi connectivity index (χ3n) is 4.14. The Morgan fingerprint density at radius 2 is 1.93 bits per heavy atom. The molecule has 0 bridgehead atoms. The Morgan fingerprint density at radius 3 is 2.69 bits per heavy atom. The van der Waals surface area contributed by atoms with Crippen molar-refractivity contribution in [3.63, 3.8) is 0 Å². The van der Waals surface area contributed by atoms with Crippen LogP contribution in [0.25, 0.3) is 11.3 Å². The highest BCUT2D eigenvalue weighted by Gasteiger charge is 2.20. The molecule has 29 heavy (non-hydrogen) atoms. The lowest BCUT2D eigenvalue weighted by Crippen LogP contribution is -2.17. The average molecular weight is 455 g/mol. The van der Waals surface area contributed by atoms with Gasteiger partial charge in [0.1, 0.15) is 12.3 Å². The highest BCUT2D eigenvalue weighted by Crippen LogP contribution is 2.20. The van der Waals surface area contributed by atoms with E-state index in [2.05, 4.69) is 26.0 Å².